The second-order valence-electron chi connectivity index (χ2n) is 5.97. The molecule has 1 saturated carbocycles. The molecule has 0 heterocycles. The summed E-state index contributed by atoms with van der Waals surface area (Å²) in [4.78, 5) is 24.2. The van der Waals surface area contributed by atoms with Crippen molar-refractivity contribution in [2.24, 2.45) is 11.1 Å². The molecule has 0 radical (unpaired) electrons. The van der Waals surface area contributed by atoms with Crippen LogP contribution in [0.2, 0.25) is 0 Å². The molecule has 1 rings (SSSR count). The molecule has 0 bridgehead atoms. The van der Waals surface area contributed by atoms with Crippen molar-refractivity contribution >= 4 is 11.9 Å². The molecule has 2 atom stereocenters. The van der Waals surface area contributed by atoms with Crippen LogP contribution in [0.4, 0.5) is 0 Å². The van der Waals surface area contributed by atoms with Crippen LogP contribution in [-0.2, 0) is 23.8 Å². The minimum atomic E-state index is -1.40. The van der Waals surface area contributed by atoms with E-state index in [2.05, 4.69) is 0 Å². The standard InChI is InChI=1S/C13H23NO5/c1-11(2,3)19-10(16)13(9(15)18-5)8-12(13,14)6-7-17-4/h6-8,14H2,1-5H3. The van der Waals surface area contributed by atoms with Crippen LogP contribution in [0, 0.1) is 5.41 Å². The Morgan fingerprint density at radius 2 is 1.79 bits per heavy atom. The van der Waals surface area contributed by atoms with Crippen LogP contribution >= 0.6 is 0 Å². The van der Waals surface area contributed by atoms with Gasteiger partial charge in [-0.25, -0.2) is 0 Å². The molecule has 2 unspecified atom stereocenters. The molecular formula is C13H23NO5. The minimum Gasteiger partial charge on any atom is -0.468 e. The van der Waals surface area contributed by atoms with Crippen LogP contribution < -0.4 is 5.73 Å². The average molecular weight is 273 g/mol. The van der Waals surface area contributed by atoms with Gasteiger partial charge < -0.3 is 19.9 Å². The molecule has 6 nitrogen and oxygen atoms in total. The lowest BCUT2D eigenvalue weighted by Gasteiger charge is -2.25. The summed E-state index contributed by atoms with van der Waals surface area (Å²) >= 11 is 0. The molecule has 2 N–H and O–H groups in total. The van der Waals surface area contributed by atoms with E-state index < -0.39 is 28.5 Å². The lowest BCUT2D eigenvalue weighted by Crippen LogP contribution is -2.45. The van der Waals surface area contributed by atoms with Crippen LogP contribution in [0.3, 0.4) is 0 Å². The highest BCUT2D eigenvalue weighted by molar-refractivity contribution is 6.06. The van der Waals surface area contributed by atoms with Crippen LogP contribution in [0.15, 0.2) is 0 Å². The van der Waals surface area contributed by atoms with Gasteiger partial charge in [0.1, 0.15) is 5.60 Å². The van der Waals surface area contributed by atoms with Crippen molar-refractivity contribution in [3.63, 3.8) is 0 Å². The Balaban J connectivity index is 2.93. The topological polar surface area (TPSA) is 87.9 Å². The summed E-state index contributed by atoms with van der Waals surface area (Å²) in [6.45, 7) is 5.60. The van der Waals surface area contributed by atoms with Crippen molar-refractivity contribution in [2.75, 3.05) is 20.8 Å². The predicted molar refractivity (Wildman–Crippen MR) is 68.3 cm³/mol. The molecule has 0 aromatic heterocycles. The largest absolute Gasteiger partial charge is 0.468 e. The van der Waals surface area contributed by atoms with E-state index in [1.807, 2.05) is 0 Å². The van der Waals surface area contributed by atoms with E-state index in [4.69, 9.17) is 19.9 Å². The maximum atomic E-state index is 12.3. The molecule has 1 aliphatic carbocycles. The highest BCUT2D eigenvalue weighted by Crippen LogP contribution is 2.58. The molecule has 6 heteroatoms. The van der Waals surface area contributed by atoms with Crippen molar-refractivity contribution in [3.8, 4) is 0 Å². The number of carbonyl (C=O) groups excluding carboxylic acids is 2. The van der Waals surface area contributed by atoms with E-state index >= 15 is 0 Å². The summed E-state index contributed by atoms with van der Waals surface area (Å²) in [7, 11) is 2.78. The van der Waals surface area contributed by atoms with E-state index in [9.17, 15) is 9.59 Å². The zero-order valence-corrected chi connectivity index (χ0v) is 12.2. The second-order valence-corrected chi connectivity index (χ2v) is 5.97. The first-order valence-electron chi connectivity index (χ1n) is 6.23. The summed E-state index contributed by atoms with van der Waals surface area (Å²) in [6, 6.07) is 0. The fourth-order valence-electron chi connectivity index (χ4n) is 2.19. The monoisotopic (exact) mass is 273 g/mol. The fraction of sp³-hybridized carbons (Fsp3) is 0.846. The van der Waals surface area contributed by atoms with E-state index in [1.165, 1.54) is 7.11 Å². The van der Waals surface area contributed by atoms with Gasteiger partial charge in [0, 0.05) is 19.3 Å². The molecule has 1 fully saturated rings. The smallest absolute Gasteiger partial charge is 0.326 e. The number of ether oxygens (including phenoxy) is 3. The SMILES string of the molecule is COCCC1(N)CC1(C(=O)OC)C(=O)OC(C)(C)C. The molecule has 0 saturated heterocycles. The zero-order chi connectivity index (χ0) is 14.9. The summed E-state index contributed by atoms with van der Waals surface area (Å²) in [5.41, 5.74) is 3.11. The maximum Gasteiger partial charge on any atom is 0.326 e. The molecule has 0 aromatic rings. The number of esters is 2. The Kier molecular flexibility index (Phi) is 4.27. The first-order valence-corrected chi connectivity index (χ1v) is 6.23. The van der Waals surface area contributed by atoms with Gasteiger partial charge in [-0.1, -0.05) is 0 Å². The van der Waals surface area contributed by atoms with Crippen LogP contribution in [0.5, 0.6) is 0 Å². The number of rotatable bonds is 5. The highest BCUT2D eigenvalue weighted by Gasteiger charge is 2.76. The summed E-state index contributed by atoms with van der Waals surface area (Å²) < 4.78 is 15.0. The quantitative estimate of drug-likeness (QED) is 0.583. The first-order chi connectivity index (χ1) is 8.63. The number of methoxy groups -OCH3 is 2. The van der Waals surface area contributed by atoms with Crippen LogP contribution in [0.1, 0.15) is 33.6 Å². The van der Waals surface area contributed by atoms with Crippen molar-refractivity contribution < 1.29 is 23.8 Å². The second kappa shape index (κ2) is 5.09. The fourth-order valence-corrected chi connectivity index (χ4v) is 2.19. The molecular weight excluding hydrogens is 250 g/mol. The zero-order valence-electron chi connectivity index (χ0n) is 12.2. The third-order valence-corrected chi connectivity index (χ3v) is 3.34. The predicted octanol–water partition coefficient (Wildman–Crippen LogP) is 0.625. The van der Waals surface area contributed by atoms with E-state index in [0.29, 0.717) is 13.0 Å². The molecule has 0 aromatic carbocycles. The molecule has 19 heavy (non-hydrogen) atoms. The summed E-state index contributed by atoms with van der Waals surface area (Å²) in [6.07, 6.45) is 0.628. The number of nitrogens with two attached hydrogens (primary N) is 1. The van der Waals surface area contributed by atoms with Gasteiger partial charge in [-0.3, -0.25) is 9.59 Å². The first kappa shape index (κ1) is 15.9. The van der Waals surface area contributed by atoms with Crippen molar-refractivity contribution in [1.29, 1.82) is 0 Å². The normalized spacial score (nSPS) is 29.8. The number of hydrogen-bond donors (Lipinski definition) is 1. The third kappa shape index (κ3) is 2.90. The molecule has 0 aliphatic heterocycles. The lowest BCUT2D eigenvalue weighted by molar-refractivity contribution is -0.171. The van der Waals surface area contributed by atoms with E-state index in [1.54, 1.807) is 27.9 Å². The van der Waals surface area contributed by atoms with Crippen LogP contribution in [-0.4, -0.2) is 43.9 Å². The third-order valence-electron chi connectivity index (χ3n) is 3.34. The molecule has 0 amide bonds. The van der Waals surface area contributed by atoms with Crippen molar-refractivity contribution in [2.45, 2.75) is 44.8 Å². The Bertz CT molecular complexity index is 376. The molecule has 110 valence electrons. The van der Waals surface area contributed by atoms with E-state index in [-0.39, 0.29) is 6.42 Å². The van der Waals surface area contributed by atoms with Gasteiger partial charge in [-0.2, -0.15) is 0 Å². The van der Waals surface area contributed by atoms with Crippen LogP contribution in [0.25, 0.3) is 0 Å². The lowest BCUT2D eigenvalue weighted by atomic mass is 9.97. The summed E-state index contributed by atoms with van der Waals surface area (Å²) in [5.74, 6) is -1.26. The van der Waals surface area contributed by atoms with Gasteiger partial charge in [-0.05, 0) is 33.6 Å². The van der Waals surface area contributed by atoms with Gasteiger partial charge in [0.15, 0.2) is 5.41 Å². The van der Waals surface area contributed by atoms with Gasteiger partial charge in [0.2, 0.25) is 0 Å². The van der Waals surface area contributed by atoms with Crippen molar-refractivity contribution in [1.82, 2.24) is 0 Å². The Labute approximate surface area is 113 Å². The van der Waals surface area contributed by atoms with Gasteiger partial charge in [0.25, 0.3) is 0 Å². The minimum absolute atomic E-state index is 0.227. The Morgan fingerprint density at radius 3 is 2.21 bits per heavy atom. The highest BCUT2D eigenvalue weighted by atomic mass is 16.6. The van der Waals surface area contributed by atoms with Gasteiger partial charge in [-0.15, -0.1) is 0 Å². The molecule has 1 aliphatic rings. The number of hydrogen-bond acceptors (Lipinski definition) is 6. The van der Waals surface area contributed by atoms with Gasteiger partial charge >= 0.3 is 11.9 Å². The van der Waals surface area contributed by atoms with E-state index in [0.717, 1.165) is 0 Å². The van der Waals surface area contributed by atoms with Crippen molar-refractivity contribution in [3.05, 3.63) is 0 Å². The summed E-state index contributed by atoms with van der Waals surface area (Å²) in [5, 5.41) is 0. The maximum absolute atomic E-state index is 12.3. The number of carbonyl (C=O) groups is 2. The molecule has 0 spiro atoms. The Hall–Kier alpha value is -1.14. The van der Waals surface area contributed by atoms with Gasteiger partial charge in [0.05, 0.1) is 7.11 Å². The Morgan fingerprint density at radius 1 is 1.21 bits per heavy atom. The average Bonchev–Trinajstić information content (AvgIpc) is 2.92.